The standard InChI is InChI=1S/C24H32N2O5S.ClH/c1-29-20-4-6-21(7-5-20)32(27,28)24(17-8-11-25-12-9-17)26-13-10-18-14-22(30-2)23(31-3)15-19(18)16-26;/h4-7,14-15,17,24-25H,8-13,16H2,1-3H3;1H. The van der Waals surface area contributed by atoms with E-state index in [9.17, 15) is 8.42 Å². The predicted octanol–water partition coefficient (Wildman–Crippen LogP) is 3.29. The molecule has 9 heteroatoms. The summed E-state index contributed by atoms with van der Waals surface area (Å²) < 4.78 is 44.0. The Bertz CT molecular complexity index is 1040. The molecule has 33 heavy (non-hydrogen) atoms. The van der Waals surface area contributed by atoms with E-state index in [1.54, 1.807) is 45.6 Å². The molecule has 2 aliphatic heterocycles. The number of fused-ring (bicyclic) bond motifs is 1. The Balaban J connectivity index is 0.00000306. The van der Waals surface area contributed by atoms with Crippen molar-refractivity contribution in [3.05, 3.63) is 47.5 Å². The minimum atomic E-state index is -3.57. The highest BCUT2D eigenvalue weighted by Gasteiger charge is 2.41. The van der Waals surface area contributed by atoms with Gasteiger partial charge in [-0.2, -0.15) is 0 Å². The number of nitrogens with one attached hydrogen (secondary N) is 1. The molecule has 1 fully saturated rings. The van der Waals surface area contributed by atoms with E-state index in [0.717, 1.165) is 37.9 Å². The molecule has 1 unspecified atom stereocenters. The lowest BCUT2D eigenvalue weighted by Crippen LogP contribution is -2.50. The summed E-state index contributed by atoms with van der Waals surface area (Å²) in [4.78, 5) is 2.49. The average Bonchev–Trinajstić information content (AvgIpc) is 2.83. The van der Waals surface area contributed by atoms with E-state index >= 15 is 0 Å². The van der Waals surface area contributed by atoms with Gasteiger partial charge in [0.2, 0.25) is 0 Å². The van der Waals surface area contributed by atoms with Crippen LogP contribution in [0.2, 0.25) is 0 Å². The van der Waals surface area contributed by atoms with Crippen LogP contribution in [0.5, 0.6) is 17.2 Å². The number of nitrogens with zero attached hydrogens (tertiary/aromatic N) is 1. The normalized spacial score (nSPS) is 18.0. The molecule has 2 heterocycles. The lowest BCUT2D eigenvalue weighted by atomic mass is 9.94. The molecule has 0 aliphatic carbocycles. The van der Waals surface area contributed by atoms with Crippen LogP contribution in [0.3, 0.4) is 0 Å². The second-order valence-electron chi connectivity index (χ2n) is 8.39. The van der Waals surface area contributed by atoms with Crippen molar-refractivity contribution < 1.29 is 22.6 Å². The van der Waals surface area contributed by atoms with Crippen molar-refractivity contribution in [2.75, 3.05) is 41.0 Å². The molecule has 182 valence electrons. The summed E-state index contributed by atoms with van der Waals surface area (Å²) in [5.74, 6) is 2.10. The molecule has 1 saturated heterocycles. The number of methoxy groups -OCH3 is 3. The first-order valence-corrected chi connectivity index (χ1v) is 12.6. The SMILES string of the molecule is COc1ccc(S(=O)(=O)C(C2CCNCC2)N2CCc3cc(OC)c(OC)cc3C2)cc1.Cl. The molecular weight excluding hydrogens is 464 g/mol. The maximum Gasteiger partial charge on any atom is 0.194 e. The Morgan fingerprint density at radius 3 is 2.12 bits per heavy atom. The Kier molecular flexibility index (Phi) is 8.50. The average molecular weight is 497 g/mol. The third-order valence-corrected chi connectivity index (χ3v) is 8.85. The number of piperidine rings is 1. The van der Waals surface area contributed by atoms with Crippen LogP contribution in [0.4, 0.5) is 0 Å². The number of benzene rings is 2. The molecule has 2 aromatic rings. The quantitative estimate of drug-likeness (QED) is 0.630. The maximum atomic E-state index is 13.9. The van der Waals surface area contributed by atoms with Gasteiger partial charge in [0.05, 0.1) is 26.2 Å². The first-order valence-electron chi connectivity index (χ1n) is 11.0. The number of sulfone groups is 1. The van der Waals surface area contributed by atoms with Gasteiger partial charge < -0.3 is 19.5 Å². The predicted molar refractivity (Wildman–Crippen MR) is 130 cm³/mol. The van der Waals surface area contributed by atoms with Gasteiger partial charge in [0.1, 0.15) is 11.1 Å². The van der Waals surface area contributed by atoms with E-state index in [2.05, 4.69) is 10.2 Å². The smallest absolute Gasteiger partial charge is 0.194 e. The van der Waals surface area contributed by atoms with Crippen LogP contribution in [0.25, 0.3) is 0 Å². The topological polar surface area (TPSA) is 77.1 Å². The van der Waals surface area contributed by atoms with E-state index in [1.165, 1.54) is 5.56 Å². The third-order valence-electron chi connectivity index (χ3n) is 6.60. The molecule has 0 spiro atoms. The molecular formula is C24H33ClN2O5S. The Labute approximate surface area is 202 Å². The fourth-order valence-electron chi connectivity index (χ4n) is 4.90. The summed E-state index contributed by atoms with van der Waals surface area (Å²) >= 11 is 0. The van der Waals surface area contributed by atoms with Gasteiger partial charge in [-0.15, -0.1) is 12.4 Å². The molecule has 4 rings (SSSR count). The minimum absolute atomic E-state index is 0. The van der Waals surface area contributed by atoms with Gasteiger partial charge in [0.15, 0.2) is 21.3 Å². The van der Waals surface area contributed by atoms with Gasteiger partial charge in [-0.1, -0.05) is 0 Å². The number of ether oxygens (including phenoxy) is 3. The van der Waals surface area contributed by atoms with E-state index in [0.29, 0.717) is 35.2 Å². The molecule has 1 N–H and O–H groups in total. The zero-order valence-electron chi connectivity index (χ0n) is 19.4. The Morgan fingerprint density at radius 2 is 1.55 bits per heavy atom. The van der Waals surface area contributed by atoms with E-state index in [1.807, 2.05) is 12.1 Å². The highest BCUT2D eigenvalue weighted by Crippen LogP contribution is 2.37. The van der Waals surface area contributed by atoms with Crippen LogP contribution in [0.15, 0.2) is 41.3 Å². The van der Waals surface area contributed by atoms with Crippen molar-refractivity contribution in [3.8, 4) is 17.2 Å². The van der Waals surface area contributed by atoms with Gasteiger partial charge in [0.25, 0.3) is 0 Å². The zero-order chi connectivity index (χ0) is 22.7. The van der Waals surface area contributed by atoms with Crippen molar-refractivity contribution in [1.82, 2.24) is 10.2 Å². The summed E-state index contributed by atoms with van der Waals surface area (Å²) in [6.45, 7) is 2.94. The van der Waals surface area contributed by atoms with Crippen LogP contribution >= 0.6 is 12.4 Å². The van der Waals surface area contributed by atoms with Crippen LogP contribution < -0.4 is 19.5 Å². The van der Waals surface area contributed by atoms with Gasteiger partial charge in [0, 0.05) is 13.1 Å². The number of rotatable bonds is 7. The second-order valence-corrected chi connectivity index (χ2v) is 10.4. The molecule has 0 saturated carbocycles. The molecule has 1 atom stereocenters. The Morgan fingerprint density at radius 1 is 0.939 bits per heavy atom. The second kappa shape index (κ2) is 11.0. The van der Waals surface area contributed by atoms with Crippen molar-refractivity contribution in [1.29, 1.82) is 0 Å². The number of hydrogen-bond donors (Lipinski definition) is 1. The first kappa shape index (κ1) is 25.6. The summed E-state index contributed by atoms with van der Waals surface area (Å²) in [7, 11) is 1.26. The van der Waals surface area contributed by atoms with Crippen LogP contribution in [-0.2, 0) is 22.8 Å². The first-order chi connectivity index (χ1) is 15.5. The fourth-order valence-corrected chi connectivity index (χ4v) is 7.05. The summed E-state index contributed by atoms with van der Waals surface area (Å²) in [6, 6.07) is 10.8. The van der Waals surface area contributed by atoms with Gasteiger partial charge in [-0.25, -0.2) is 8.42 Å². The van der Waals surface area contributed by atoms with E-state index in [4.69, 9.17) is 14.2 Å². The zero-order valence-corrected chi connectivity index (χ0v) is 21.0. The largest absolute Gasteiger partial charge is 0.497 e. The third kappa shape index (κ3) is 5.24. The summed E-state index contributed by atoms with van der Waals surface area (Å²) in [5, 5.41) is 2.79. The lowest BCUT2D eigenvalue weighted by molar-refractivity contribution is 0.159. The van der Waals surface area contributed by atoms with Crippen LogP contribution in [0, 0.1) is 5.92 Å². The van der Waals surface area contributed by atoms with Crippen LogP contribution in [0.1, 0.15) is 24.0 Å². The van der Waals surface area contributed by atoms with Crippen molar-refractivity contribution in [2.24, 2.45) is 5.92 Å². The maximum absolute atomic E-state index is 13.9. The molecule has 2 aliphatic rings. The molecule has 0 amide bonds. The van der Waals surface area contributed by atoms with E-state index in [-0.39, 0.29) is 18.3 Å². The lowest BCUT2D eigenvalue weighted by Gasteiger charge is -2.40. The summed E-state index contributed by atoms with van der Waals surface area (Å²) in [6.07, 6.45) is 2.46. The molecule has 7 nitrogen and oxygen atoms in total. The van der Waals surface area contributed by atoms with Crippen molar-refractivity contribution in [3.63, 3.8) is 0 Å². The highest BCUT2D eigenvalue weighted by molar-refractivity contribution is 7.92. The highest BCUT2D eigenvalue weighted by atomic mass is 35.5. The summed E-state index contributed by atoms with van der Waals surface area (Å²) in [5.41, 5.74) is 2.28. The van der Waals surface area contributed by atoms with Gasteiger partial charge >= 0.3 is 0 Å². The van der Waals surface area contributed by atoms with Crippen molar-refractivity contribution in [2.45, 2.75) is 36.1 Å². The molecule has 2 aromatic carbocycles. The number of halogens is 1. The van der Waals surface area contributed by atoms with Crippen molar-refractivity contribution >= 4 is 22.2 Å². The molecule has 0 radical (unpaired) electrons. The number of hydrogen-bond acceptors (Lipinski definition) is 7. The van der Waals surface area contributed by atoms with Crippen LogP contribution in [-0.4, -0.2) is 59.7 Å². The van der Waals surface area contributed by atoms with Gasteiger partial charge in [-0.05, 0) is 85.8 Å². The van der Waals surface area contributed by atoms with Gasteiger partial charge in [-0.3, -0.25) is 4.90 Å². The molecule has 0 aromatic heterocycles. The van der Waals surface area contributed by atoms with E-state index < -0.39 is 15.2 Å². The minimum Gasteiger partial charge on any atom is -0.497 e. The molecule has 0 bridgehead atoms. The Hall–Kier alpha value is -2.00. The monoisotopic (exact) mass is 496 g/mol. The fraction of sp³-hybridized carbons (Fsp3) is 0.500.